The number of halogens is 1. The van der Waals surface area contributed by atoms with Gasteiger partial charge < -0.3 is 29.7 Å². The first-order valence-corrected chi connectivity index (χ1v) is 10.4. The van der Waals surface area contributed by atoms with Crippen molar-refractivity contribution in [3.8, 4) is 11.5 Å². The Hall–Kier alpha value is -3.00. The summed E-state index contributed by atoms with van der Waals surface area (Å²) in [6.07, 6.45) is 0.796. The molecule has 1 aliphatic heterocycles. The van der Waals surface area contributed by atoms with Crippen molar-refractivity contribution in [3.05, 3.63) is 53.3 Å². The first-order valence-electron chi connectivity index (χ1n) is 10.4. The molecule has 0 aromatic heterocycles. The summed E-state index contributed by atoms with van der Waals surface area (Å²) in [4.78, 5) is 6.26. The van der Waals surface area contributed by atoms with Crippen molar-refractivity contribution < 1.29 is 18.6 Å². The molecule has 0 amide bonds. The van der Waals surface area contributed by atoms with Gasteiger partial charge >= 0.3 is 0 Å². The normalized spacial score (nSPS) is 14.3. The number of hydrogen-bond acceptors (Lipinski definition) is 5. The molecule has 1 heterocycles. The number of guanidine groups is 1. The fraction of sp³-hybridized carbons (Fsp3) is 0.435. The van der Waals surface area contributed by atoms with E-state index in [1.54, 1.807) is 27.3 Å². The quantitative estimate of drug-likeness (QED) is 0.496. The number of nitrogens with one attached hydrogen (secondary N) is 2. The van der Waals surface area contributed by atoms with Gasteiger partial charge in [-0.15, -0.1) is 0 Å². The Morgan fingerprint density at radius 3 is 2.45 bits per heavy atom. The van der Waals surface area contributed by atoms with Crippen LogP contribution in [0.3, 0.4) is 0 Å². The van der Waals surface area contributed by atoms with E-state index < -0.39 is 0 Å². The molecule has 0 saturated carbocycles. The molecule has 168 valence electrons. The summed E-state index contributed by atoms with van der Waals surface area (Å²) in [5.74, 6) is 1.88. The summed E-state index contributed by atoms with van der Waals surface area (Å²) in [5, 5.41) is 6.52. The zero-order valence-electron chi connectivity index (χ0n) is 18.4. The van der Waals surface area contributed by atoms with Crippen molar-refractivity contribution >= 4 is 11.6 Å². The highest BCUT2D eigenvalue weighted by molar-refractivity contribution is 5.79. The lowest BCUT2D eigenvalue weighted by molar-refractivity contribution is 0.122. The van der Waals surface area contributed by atoms with E-state index >= 15 is 0 Å². The van der Waals surface area contributed by atoms with Gasteiger partial charge in [-0.1, -0.05) is 12.1 Å². The molecule has 2 aromatic rings. The van der Waals surface area contributed by atoms with Crippen LogP contribution < -0.4 is 25.0 Å². The number of benzene rings is 2. The van der Waals surface area contributed by atoms with Crippen LogP contribution in [-0.4, -0.2) is 60.1 Å². The zero-order valence-corrected chi connectivity index (χ0v) is 18.4. The molecule has 0 aliphatic carbocycles. The third kappa shape index (κ3) is 6.24. The SMILES string of the molecule is CN=C(NCCc1ccc(OC)c(OC)c1)NCc1ccc(N2CCOCC2)c(F)c1. The first kappa shape index (κ1) is 22.7. The Bertz CT molecular complexity index is 885. The molecule has 0 radical (unpaired) electrons. The molecule has 2 N–H and O–H groups in total. The van der Waals surface area contributed by atoms with Crippen molar-refractivity contribution in [2.24, 2.45) is 4.99 Å². The minimum atomic E-state index is -0.211. The molecule has 0 atom stereocenters. The number of aliphatic imine (C=N–C) groups is 1. The predicted octanol–water partition coefficient (Wildman–Crippen LogP) is 2.59. The molecule has 1 saturated heterocycles. The van der Waals surface area contributed by atoms with Gasteiger partial charge in [0.15, 0.2) is 17.5 Å². The Morgan fingerprint density at radius 2 is 1.77 bits per heavy atom. The van der Waals surface area contributed by atoms with E-state index in [1.807, 2.05) is 35.2 Å². The van der Waals surface area contributed by atoms with Gasteiger partial charge in [-0.25, -0.2) is 4.39 Å². The predicted molar refractivity (Wildman–Crippen MR) is 121 cm³/mol. The number of ether oxygens (including phenoxy) is 3. The van der Waals surface area contributed by atoms with Crippen LogP contribution in [0.1, 0.15) is 11.1 Å². The van der Waals surface area contributed by atoms with Crippen LogP contribution >= 0.6 is 0 Å². The van der Waals surface area contributed by atoms with Crippen LogP contribution in [0.15, 0.2) is 41.4 Å². The maximum atomic E-state index is 14.6. The van der Waals surface area contributed by atoms with Crippen LogP contribution in [0, 0.1) is 5.82 Å². The molecule has 31 heavy (non-hydrogen) atoms. The number of methoxy groups -OCH3 is 2. The van der Waals surface area contributed by atoms with Gasteiger partial charge in [0.25, 0.3) is 0 Å². The summed E-state index contributed by atoms with van der Waals surface area (Å²) in [5.41, 5.74) is 2.61. The second-order valence-corrected chi connectivity index (χ2v) is 7.18. The lowest BCUT2D eigenvalue weighted by Gasteiger charge is -2.29. The minimum absolute atomic E-state index is 0.211. The van der Waals surface area contributed by atoms with Gasteiger partial charge in [-0.05, 0) is 41.8 Å². The van der Waals surface area contributed by atoms with Gasteiger partial charge in [0.1, 0.15) is 5.82 Å². The van der Waals surface area contributed by atoms with Crippen molar-refractivity contribution in [3.63, 3.8) is 0 Å². The van der Waals surface area contributed by atoms with E-state index in [2.05, 4.69) is 15.6 Å². The lowest BCUT2D eigenvalue weighted by Crippen LogP contribution is -2.38. The molecule has 2 aromatic carbocycles. The van der Waals surface area contributed by atoms with E-state index in [0.717, 1.165) is 17.5 Å². The smallest absolute Gasteiger partial charge is 0.191 e. The molecule has 0 spiro atoms. The third-order valence-electron chi connectivity index (χ3n) is 5.20. The second kappa shape index (κ2) is 11.4. The van der Waals surface area contributed by atoms with Crippen LogP contribution in [0.4, 0.5) is 10.1 Å². The summed E-state index contributed by atoms with van der Waals surface area (Å²) in [6, 6.07) is 11.2. The Balaban J connectivity index is 1.48. The third-order valence-corrected chi connectivity index (χ3v) is 5.20. The maximum absolute atomic E-state index is 14.6. The van der Waals surface area contributed by atoms with Crippen molar-refractivity contribution in [2.45, 2.75) is 13.0 Å². The van der Waals surface area contributed by atoms with E-state index in [1.165, 1.54) is 0 Å². The van der Waals surface area contributed by atoms with Gasteiger partial charge in [-0.3, -0.25) is 4.99 Å². The van der Waals surface area contributed by atoms with E-state index in [-0.39, 0.29) is 5.82 Å². The Kier molecular flexibility index (Phi) is 8.35. The van der Waals surface area contributed by atoms with E-state index in [0.29, 0.717) is 62.5 Å². The van der Waals surface area contributed by atoms with Gasteiger partial charge in [-0.2, -0.15) is 0 Å². The Morgan fingerprint density at radius 1 is 1.03 bits per heavy atom. The molecular formula is C23H31FN4O3. The summed E-state index contributed by atoms with van der Waals surface area (Å²) < 4.78 is 30.5. The number of nitrogens with zero attached hydrogens (tertiary/aromatic N) is 2. The average Bonchev–Trinajstić information content (AvgIpc) is 2.81. The topological polar surface area (TPSA) is 67.4 Å². The molecule has 7 nitrogen and oxygen atoms in total. The average molecular weight is 431 g/mol. The van der Waals surface area contributed by atoms with E-state index in [4.69, 9.17) is 14.2 Å². The number of anilines is 1. The zero-order chi connectivity index (χ0) is 22.1. The van der Waals surface area contributed by atoms with Crippen molar-refractivity contribution in [1.29, 1.82) is 0 Å². The standard InChI is InChI=1S/C23H31FN4O3/c1-25-23(26-9-8-17-5-7-21(29-2)22(15-17)30-3)27-16-18-4-6-20(19(24)14-18)28-10-12-31-13-11-28/h4-7,14-15H,8-13,16H2,1-3H3,(H2,25,26,27). The van der Waals surface area contributed by atoms with Gasteiger partial charge in [0.2, 0.25) is 0 Å². The summed E-state index contributed by atoms with van der Waals surface area (Å²) in [7, 11) is 4.96. The molecule has 0 unspecified atom stereocenters. The van der Waals surface area contributed by atoms with Crippen LogP contribution in [0.2, 0.25) is 0 Å². The highest BCUT2D eigenvalue weighted by Gasteiger charge is 2.15. The summed E-state index contributed by atoms with van der Waals surface area (Å²) >= 11 is 0. The van der Waals surface area contributed by atoms with Crippen LogP contribution in [-0.2, 0) is 17.7 Å². The minimum Gasteiger partial charge on any atom is -0.493 e. The molecule has 1 fully saturated rings. The molecule has 0 bridgehead atoms. The van der Waals surface area contributed by atoms with Gasteiger partial charge in [0.05, 0.1) is 33.1 Å². The van der Waals surface area contributed by atoms with E-state index in [9.17, 15) is 4.39 Å². The number of hydrogen-bond donors (Lipinski definition) is 2. The van der Waals surface area contributed by atoms with Crippen LogP contribution in [0.5, 0.6) is 11.5 Å². The molecule has 3 rings (SSSR count). The maximum Gasteiger partial charge on any atom is 0.191 e. The molecule has 8 heteroatoms. The lowest BCUT2D eigenvalue weighted by atomic mass is 10.1. The fourth-order valence-electron chi connectivity index (χ4n) is 3.49. The van der Waals surface area contributed by atoms with Crippen molar-refractivity contribution in [2.75, 3.05) is 59.0 Å². The highest BCUT2D eigenvalue weighted by atomic mass is 19.1. The highest BCUT2D eigenvalue weighted by Crippen LogP contribution is 2.27. The largest absolute Gasteiger partial charge is 0.493 e. The fourth-order valence-corrected chi connectivity index (χ4v) is 3.49. The van der Waals surface area contributed by atoms with Gasteiger partial charge in [0, 0.05) is 33.2 Å². The first-order chi connectivity index (χ1) is 15.1. The Labute approximate surface area is 183 Å². The second-order valence-electron chi connectivity index (χ2n) is 7.18. The monoisotopic (exact) mass is 430 g/mol. The summed E-state index contributed by atoms with van der Waals surface area (Å²) in [6.45, 7) is 3.87. The number of morpholine rings is 1. The van der Waals surface area contributed by atoms with Crippen LogP contribution in [0.25, 0.3) is 0 Å². The van der Waals surface area contributed by atoms with Crippen molar-refractivity contribution in [1.82, 2.24) is 10.6 Å². The number of rotatable bonds is 8. The molecular weight excluding hydrogens is 399 g/mol. The molecule has 1 aliphatic rings.